The topological polar surface area (TPSA) is 39.2 Å². The molecule has 0 saturated heterocycles. The summed E-state index contributed by atoms with van der Waals surface area (Å²) in [6, 6.07) is 14.2. The Kier molecular flexibility index (Phi) is 2.88. The van der Waals surface area contributed by atoms with Gasteiger partial charge < -0.3 is 10.2 Å². The van der Waals surface area contributed by atoms with Crippen molar-refractivity contribution in [2.24, 2.45) is 5.73 Å². The summed E-state index contributed by atoms with van der Waals surface area (Å²) in [6.45, 7) is 4.22. The van der Waals surface area contributed by atoms with Crippen LogP contribution in [0.25, 0.3) is 11.0 Å². The van der Waals surface area contributed by atoms with Gasteiger partial charge in [0.05, 0.1) is 12.3 Å². The Morgan fingerprint density at radius 3 is 2.58 bits per heavy atom. The zero-order valence-electron chi connectivity index (χ0n) is 11.2. The lowest BCUT2D eigenvalue weighted by Crippen LogP contribution is -2.11. The van der Waals surface area contributed by atoms with Crippen molar-refractivity contribution in [1.82, 2.24) is 0 Å². The molecule has 1 aromatic heterocycles. The molecule has 2 aromatic carbocycles. The third-order valence-electron chi connectivity index (χ3n) is 3.74. The molecule has 96 valence electrons. The van der Waals surface area contributed by atoms with E-state index < -0.39 is 0 Å². The minimum absolute atomic E-state index is 0.150. The van der Waals surface area contributed by atoms with Crippen LogP contribution < -0.4 is 5.73 Å². The molecule has 0 aliphatic heterocycles. The number of aryl methyl sites for hydroxylation is 2. The Morgan fingerprint density at radius 2 is 1.79 bits per heavy atom. The average molecular weight is 251 g/mol. The van der Waals surface area contributed by atoms with Crippen molar-refractivity contribution in [3.63, 3.8) is 0 Å². The summed E-state index contributed by atoms with van der Waals surface area (Å²) < 4.78 is 5.57. The molecule has 0 aliphatic rings. The van der Waals surface area contributed by atoms with Gasteiger partial charge in [-0.15, -0.1) is 0 Å². The van der Waals surface area contributed by atoms with Crippen LogP contribution in [0.1, 0.15) is 28.3 Å². The SMILES string of the molecule is Cc1ccc(C(N)c2coc3ccccc23)cc1C. The normalized spacial score (nSPS) is 12.8. The number of hydrogen-bond acceptors (Lipinski definition) is 2. The zero-order chi connectivity index (χ0) is 13.4. The van der Waals surface area contributed by atoms with E-state index >= 15 is 0 Å². The van der Waals surface area contributed by atoms with E-state index in [1.54, 1.807) is 6.26 Å². The molecule has 0 amide bonds. The largest absolute Gasteiger partial charge is 0.464 e. The number of para-hydroxylation sites is 1. The Balaban J connectivity index is 2.08. The number of benzene rings is 2. The molecule has 2 nitrogen and oxygen atoms in total. The standard InChI is InChI=1S/C17H17NO/c1-11-7-8-13(9-12(11)2)17(18)15-10-19-16-6-4-3-5-14(15)16/h3-10,17H,18H2,1-2H3. The smallest absolute Gasteiger partial charge is 0.134 e. The molecular weight excluding hydrogens is 234 g/mol. The van der Waals surface area contributed by atoms with Crippen LogP contribution in [0.4, 0.5) is 0 Å². The summed E-state index contributed by atoms with van der Waals surface area (Å²) >= 11 is 0. The number of rotatable bonds is 2. The molecule has 0 radical (unpaired) electrons. The van der Waals surface area contributed by atoms with Gasteiger partial charge in [-0.2, -0.15) is 0 Å². The molecule has 19 heavy (non-hydrogen) atoms. The number of hydrogen-bond donors (Lipinski definition) is 1. The summed E-state index contributed by atoms with van der Waals surface area (Å²) in [5.41, 5.74) is 12.0. The first-order valence-corrected chi connectivity index (χ1v) is 6.45. The van der Waals surface area contributed by atoms with Gasteiger partial charge in [0.25, 0.3) is 0 Å². The van der Waals surface area contributed by atoms with Gasteiger partial charge in [0.15, 0.2) is 0 Å². The minimum atomic E-state index is -0.150. The van der Waals surface area contributed by atoms with Crippen molar-refractivity contribution in [1.29, 1.82) is 0 Å². The van der Waals surface area contributed by atoms with Gasteiger partial charge in [-0.05, 0) is 36.6 Å². The Labute approximate surface area is 112 Å². The van der Waals surface area contributed by atoms with Crippen LogP contribution in [0.3, 0.4) is 0 Å². The van der Waals surface area contributed by atoms with Crippen molar-refractivity contribution in [2.45, 2.75) is 19.9 Å². The molecule has 2 heteroatoms. The molecule has 0 spiro atoms. The summed E-state index contributed by atoms with van der Waals surface area (Å²) in [4.78, 5) is 0. The van der Waals surface area contributed by atoms with Gasteiger partial charge in [0.2, 0.25) is 0 Å². The van der Waals surface area contributed by atoms with Crippen LogP contribution in [0.15, 0.2) is 53.1 Å². The number of fused-ring (bicyclic) bond motifs is 1. The molecule has 0 fully saturated rings. The summed E-state index contributed by atoms with van der Waals surface area (Å²) in [5, 5.41) is 1.09. The molecule has 1 unspecified atom stereocenters. The van der Waals surface area contributed by atoms with E-state index in [0.717, 1.165) is 22.1 Å². The zero-order valence-corrected chi connectivity index (χ0v) is 11.2. The second-order valence-corrected chi connectivity index (χ2v) is 5.01. The quantitative estimate of drug-likeness (QED) is 0.744. The van der Waals surface area contributed by atoms with Gasteiger partial charge in [-0.3, -0.25) is 0 Å². The third-order valence-corrected chi connectivity index (χ3v) is 3.74. The predicted octanol–water partition coefficient (Wildman–Crippen LogP) is 4.10. The van der Waals surface area contributed by atoms with Crippen LogP contribution >= 0.6 is 0 Å². The third kappa shape index (κ3) is 2.04. The molecule has 3 rings (SSSR count). The molecule has 0 bridgehead atoms. The van der Waals surface area contributed by atoms with Crippen molar-refractivity contribution < 1.29 is 4.42 Å². The van der Waals surface area contributed by atoms with Crippen molar-refractivity contribution >= 4 is 11.0 Å². The van der Waals surface area contributed by atoms with E-state index in [9.17, 15) is 0 Å². The van der Waals surface area contributed by atoms with Gasteiger partial charge in [0.1, 0.15) is 5.58 Å². The van der Waals surface area contributed by atoms with Gasteiger partial charge >= 0.3 is 0 Å². The van der Waals surface area contributed by atoms with E-state index in [0.29, 0.717) is 0 Å². The number of nitrogens with two attached hydrogens (primary N) is 1. The molecule has 1 atom stereocenters. The molecule has 1 heterocycles. The minimum Gasteiger partial charge on any atom is -0.464 e. The fraction of sp³-hybridized carbons (Fsp3) is 0.176. The van der Waals surface area contributed by atoms with Crippen molar-refractivity contribution in [2.75, 3.05) is 0 Å². The van der Waals surface area contributed by atoms with Crippen LogP contribution in [0, 0.1) is 13.8 Å². The van der Waals surface area contributed by atoms with Crippen LogP contribution in [-0.2, 0) is 0 Å². The highest BCUT2D eigenvalue weighted by Crippen LogP contribution is 2.29. The molecular formula is C17H17NO. The Hall–Kier alpha value is -2.06. The Bertz CT molecular complexity index is 727. The lowest BCUT2D eigenvalue weighted by molar-refractivity contribution is 0.607. The number of furan rings is 1. The van der Waals surface area contributed by atoms with Gasteiger partial charge in [0, 0.05) is 10.9 Å². The van der Waals surface area contributed by atoms with Gasteiger partial charge in [-0.1, -0.05) is 36.4 Å². The highest BCUT2D eigenvalue weighted by molar-refractivity contribution is 5.81. The molecule has 2 N–H and O–H groups in total. The highest BCUT2D eigenvalue weighted by atomic mass is 16.3. The maximum Gasteiger partial charge on any atom is 0.134 e. The van der Waals surface area contributed by atoms with E-state index in [1.807, 2.05) is 18.2 Å². The first-order chi connectivity index (χ1) is 9.16. The van der Waals surface area contributed by atoms with E-state index in [2.05, 4.69) is 38.1 Å². The van der Waals surface area contributed by atoms with Crippen LogP contribution in [0.5, 0.6) is 0 Å². The lowest BCUT2D eigenvalue weighted by Gasteiger charge is -2.12. The maximum atomic E-state index is 6.39. The fourth-order valence-electron chi connectivity index (χ4n) is 2.38. The second-order valence-electron chi connectivity index (χ2n) is 5.01. The van der Waals surface area contributed by atoms with Crippen molar-refractivity contribution in [3.05, 3.63) is 71.0 Å². The highest BCUT2D eigenvalue weighted by Gasteiger charge is 2.15. The fourth-order valence-corrected chi connectivity index (χ4v) is 2.38. The van der Waals surface area contributed by atoms with E-state index in [-0.39, 0.29) is 6.04 Å². The van der Waals surface area contributed by atoms with Crippen LogP contribution in [0.2, 0.25) is 0 Å². The predicted molar refractivity (Wildman–Crippen MR) is 78.2 cm³/mol. The second kappa shape index (κ2) is 4.56. The maximum absolute atomic E-state index is 6.39. The van der Waals surface area contributed by atoms with E-state index in [4.69, 9.17) is 10.2 Å². The van der Waals surface area contributed by atoms with Crippen LogP contribution in [-0.4, -0.2) is 0 Å². The first-order valence-electron chi connectivity index (χ1n) is 6.45. The first kappa shape index (κ1) is 12.0. The summed E-state index contributed by atoms with van der Waals surface area (Å²) in [6.07, 6.45) is 1.77. The Morgan fingerprint density at radius 1 is 1.00 bits per heavy atom. The lowest BCUT2D eigenvalue weighted by atomic mass is 9.96. The molecule has 0 aliphatic carbocycles. The van der Waals surface area contributed by atoms with Crippen molar-refractivity contribution in [3.8, 4) is 0 Å². The monoisotopic (exact) mass is 251 g/mol. The van der Waals surface area contributed by atoms with Gasteiger partial charge in [-0.25, -0.2) is 0 Å². The molecule has 0 saturated carbocycles. The average Bonchev–Trinajstić information content (AvgIpc) is 2.85. The van der Waals surface area contributed by atoms with E-state index in [1.165, 1.54) is 11.1 Å². The summed E-state index contributed by atoms with van der Waals surface area (Å²) in [5.74, 6) is 0. The summed E-state index contributed by atoms with van der Waals surface area (Å²) in [7, 11) is 0. The molecule has 3 aromatic rings.